The van der Waals surface area contributed by atoms with E-state index in [1.807, 2.05) is 25.1 Å². The number of anilines is 1. The van der Waals surface area contributed by atoms with E-state index in [0.717, 1.165) is 5.56 Å². The summed E-state index contributed by atoms with van der Waals surface area (Å²) in [6.45, 7) is 1.94. The van der Waals surface area contributed by atoms with Crippen molar-refractivity contribution in [1.29, 1.82) is 0 Å². The quantitative estimate of drug-likeness (QED) is 0.793. The number of aromatic nitrogens is 2. The molecule has 84 valence electrons. The Bertz CT molecular complexity index is 569. The number of benzene rings is 1. The molecule has 2 aromatic rings. The number of ether oxygens (including phenoxy) is 1. The highest BCUT2D eigenvalue weighted by Gasteiger charge is 2.09. The maximum Gasteiger partial charge on any atom is 0.273 e. The van der Waals surface area contributed by atoms with E-state index in [2.05, 4.69) is 5.10 Å². The van der Waals surface area contributed by atoms with E-state index in [1.54, 1.807) is 7.11 Å². The van der Waals surface area contributed by atoms with Gasteiger partial charge >= 0.3 is 0 Å². The highest BCUT2D eigenvalue weighted by Crippen LogP contribution is 2.22. The Kier molecular flexibility index (Phi) is 2.44. The van der Waals surface area contributed by atoms with Crippen LogP contribution in [0.2, 0.25) is 0 Å². The lowest BCUT2D eigenvalue weighted by molar-refractivity contribution is 0.411. The molecule has 0 atom stereocenters. The molecule has 0 unspecified atom stereocenters. The number of H-pyrrole nitrogens is 1. The average Bonchev–Trinajstić information content (AvgIpc) is 2.57. The van der Waals surface area contributed by atoms with Gasteiger partial charge in [-0.25, -0.2) is 4.68 Å². The summed E-state index contributed by atoms with van der Waals surface area (Å²) in [5.74, 6) is 0.947. The number of nitrogens with zero attached hydrogens (tertiary/aromatic N) is 1. The van der Waals surface area contributed by atoms with Crippen LogP contribution in [0.3, 0.4) is 0 Å². The lowest BCUT2D eigenvalue weighted by Gasteiger charge is -2.09. The van der Waals surface area contributed by atoms with Gasteiger partial charge in [0.05, 0.1) is 7.11 Å². The van der Waals surface area contributed by atoms with Crippen LogP contribution in [0.1, 0.15) is 5.56 Å². The topological polar surface area (TPSA) is 73.0 Å². The molecule has 1 aromatic carbocycles. The minimum Gasteiger partial charge on any atom is -0.494 e. The molecule has 0 fully saturated rings. The van der Waals surface area contributed by atoms with E-state index >= 15 is 0 Å². The molecule has 0 radical (unpaired) electrons. The first kappa shape index (κ1) is 10.4. The Morgan fingerprint density at radius 1 is 1.38 bits per heavy atom. The van der Waals surface area contributed by atoms with Crippen LogP contribution in [-0.4, -0.2) is 16.9 Å². The number of nitrogens with two attached hydrogens (primary N) is 1. The van der Waals surface area contributed by atoms with Crippen molar-refractivity contribution in [3.05, 3.63) is 40.2 Å². The highest BCUT2D eigenvalue weighted by molar-refractivity contribution is 5.49. The minimum absolute atomic E-state index is 0.207. The van der Waals surface area contributed by atoms with Crippen molar-refractivity contribution in [3.8, 4) is 11.4 Å². The maximum atomic E-state index is 11.6. The van der Waals surface area contributed by atoms with Crippen LogP contribution in [0, 0.1) is 6.92 Å². The third-order valence-corrected chi connectivity index (χ3v) is 2.32. The third-order valence-electron chi connectivity index (χ3n) is 2.32. The number of aryl methyl sites for hydroxylation is 1. The monoisotopic (exact) mass is 219 g/mol. The number of methoxy groups -OCH3 is 1. The zero-order valence-electron chi connectivity index (χ0n) is 9.15. The number of rotatable bonds is 2. The highest BCUT2D eigenvalue weighted by atomic mass is 16.5. The molecule has 1 aromatic heterocycles. The molecule has 16 heavy (non-hydrogen) atoms. The molecule has 0 aliphatic heterocycles. The minimum atomic E-state index is -0.207. The Hall–Kier alpha value is -2.17. The number of nitrogen functional groups attached to an aromatic ring is 1. The second kappa shape index (κ2) is 3.77. The molecular formula is C11H13N3O2. The van der Waals surface area contributed by atoms with Gasteiger partial charge in [-0.05, 0) is 24.6 Å². The molecule has 5 nitrogen and oxygen atoms in total. The summed E-state index contributed by atoms with van der Waals surface area (Å²) in [5.41, 5.74) is 7.02. The van der Waals surface area contributed by atoms with Gasteiger partial charge < -0.3 is 10.5 Å². The van der Waals surface area contributed by atoms with Crippen molar-refractivity contribution >= 4 is 5.82 Å². The second-order valence-corrected chi connectivity index (χ2v) is 3.56. The van der Waals surface area contributed by atoms with Crippen LogP contribution < -0.4 is 16.0 Å². The molecule has 0 saturated carbocycles. The number of aromatic amines is 1. The van der Waals surface area contributed by atoms with Gasteiger partial charge in [-0.2, -0.15) is 0 Å². The lowest BCUT2D eigenvalue weighted by atomic mass is 10.2. The van der Waals surface area contributed by atoms with Crippen LogP contribution in [0.4, 0.5) is 5.82 Å². The first-order valence-corrected chi connectivity index (χ1v) is 4.84. The van der Waals surface area contributed by atoms with E-state index in [4.69, 9.17) is 10.5 Å². The Labute approximate surface area is 92.4 Å². The Morgan fingerprint density at radius 3 is 2.69 bits per heavy atom. The van der Waals surface area contributed by atoms with Crippen molar-refractivity contribution in [3.63, 3.8) is 0 Å². The summed E-state index contributed by atoms with van der Waals surface area (Å²) in [6, 6.07) is 6.92. The largest absolute Gasteiger partial charge is 0.494 e. The molecule has 0 aliphatic carbocycles. The van der Waals surface area contributed by atoms with Crippen LogP contribution in [0.25, 0.3) is 5.69 Å². The van der Waals surface area contributed by atoms with Gasteiger partial charge in [-0.15, -0.1) is 0 Å². The van der Waals surface area contributed by atoms with Gasteiger partial charge in [0, 0.05) is 6.07 Å². The van der Waals surface area contributed by atoms with Crippen LogP contribution in [0.15, 0.2) is 29.1 Å². The van der Waals surface area contributed by atoms with E-state index in [1.165, 1.54) is 10.7 Å². The second-order valence-electron chi connectivity index (χ2n) is 3.56. The summed E-state index contributed by atoms with van der Waals surface area (Å²) in [7, 11) is 1.56. The molecule has 0 aliphatic rings. The maximum absolute atomic E-state index is 11.6. The molecule has 0 bridgehead atoms. The van der Waals surface area contributed by atoms with Crippen molar-refractivity contribution in [2.45, 2.75) is 6.92 Å². The van der Waals surface area contributed by atoms with Gasteiger partial charge in [-0.3, -0.25) is 9.89 Å². The predicted molar refractivity (Wildman–Crippen MR) is 62.1 cm³/mol. The summed E-state index contributed by atoms with van der Waals surface area (Å²) in [6.07, 6.45) is 0. The molecule has 2 rings (SSSR count). The van der Waals surface area contributed by atoms with Gasteiger partial charge in [0.2, 0.25) is 0 Å². The summed E-state index contributed by atoms with van der Waals surface area (Å²) in [5, 5.41) is 2.76. The lowest BCUT2D eigenvalue weighted by Crippen LogP contribution is -2.14. The third kappa shape index (κ3) is 1.67. The van der Waals surface area contributed by atoms with E-state index in [9.17, 15) is 4.79 Å². The molecule has 0 amide bonds. The number of nitrogens with one attached hydrogen (secondary N) is 1. The number of hydrogen-bond acceptors (Lipinski definition) is 3. The SMILES string of the molecule is COc1ccc(C)cc1-n1[nH]c(N)cc1=O. The van der Waals surface area contributed by atoms with E-state index < -0.39 is 0 Å². The average molecular weight is 219 g/mol. The van der Waals surface area contributed by atoms with E-state index in [0.29, 0.717) is 17.3 Å². The number of hydrogen-bond donors (Lipinski definition) is 2. The van der Waals surface area contributed by atoms with Crippen LogP contribution >= 0.6 is 0 Å². The van der Waals surface area contributed by atoms with Gasteiger partial charge in [0.1, 0.15) is 17.3 Å². The first-order chi connectivity index (χ1) is 7.61. The zero-order valence-corrected chi connectivity index (χ0v) is 9.15. The van der Waals surface area contributed by atoms with Crippen molar-refractivity contribution in [2.75, 3.05) is 12.8 Å². The van der Waals surface area contributed by atoms with Crippen LogP contribution in [-0.2, 0) is 0 Å². The van der Waals surface area contributed by atoms with Crippen molar-refractivity contribution < 1.29 is 4.74 Å². The summed E-state index contributed by atoms with van der Waals surface area (Å²) < 4.78 is 6.56. The molecule has 1 heterocycles. The van der Waals surface area contributed by atoms with Crippen molar-refractivity contribution in [1.82, 2.24) is 9.78 Å². The zero-order chi connectivity index (χ0) is 11.7. The molecule has 5 heteroatoms. The predicted octanol–water partition coefficient (Wildman–Crippen LogP) is 1.06. The van der Waals surface area contributed by atoms with Crippen LogP contribution in [0.5, 0.6) is 5.75 Å². The van der Waals surface area contributed by atoms with Gasteiger partial charge in [0.15, 0.2) is 0 Å². The van der Waals surface area contributed by atoms with E-state index in [-0.39, 0.29) is 5.56 Å². The normalized spacial score (nSPS) is 10.4. The fourth-order valence-corrected chi connectivity index (χ4v) is 1.57. The summed E-state index contributed by atoms with van der Waals surface area (Å²) in [4.78, 5) is 11.6. The summed E-state index contributed by atoms with van der Waals surface area (Å²) >= 11 is 0. The smallest absolute Gasteiger partial charge is 0.273 e. The fourth-order valence-electron chi connectivity index (χ4n) is 1.57. The molecular weight excluding hydrogens is 206 g/mol. The van der Waals surface area contributed by atoms with Crippen molar-refractivity contribution in [2.24, 2.45) is 0 Å². The standard InChI is InChI=1S/C11H13N3O2/c1-7-3-4-9(16-2)8(5-7)14-11(15)6-10(12)13-14/h3-6,13H,12H2,1-2H3. The molecule has 0 saturated heterocycles. The fraction of sp³-hybridized carbons (Fsp3) is 0.182. The molecule has 3 N–H and O–H groups in total. The Balaban J connectivity index is 2.67. The first-order valence-electron chi connectivity index (χ1n) is 4.84. The molecule has 0 spiro atoms. The Morgan fingerprint density at radius 2 is 2.12 bits per heavy atom. The van der Waals surface area contributed by atoms with Gasteiger partial charge in [-0.1, -0.05) is 6.07 Å². The van der Waals surface area contributed by atoms with Gasteiger partial charge in [0.25, 0.3) is 5.56 Å².